The lowest BCUT2D eigenvalue weighted by molar-refractivity contribution is -0.385. The van der Waals surface area contributed by atoms with Gasteiger partial charge in [-0.05, 0) is 12.0 Å². The molecule has 1 N–H and O–H groups in total. The Hall–Kier alpha value is -2.44. The summed E-state index contributed by atoms with van der Waals surface area (Å²) >= 11 is 0. The van der Waals surface area contributed by atoms with E-state index in [1.807, 2.05) is 6.92 Å². The van der Waals surface area contributed by atoms with Crippen molar-refractivity contribution < 1.29 is 14.8 Å². The van der Waals surface area contributed by atoms with Crippen molar-refractivity contribution in [3.8, 4) is 5.75 Å². The first-order valence-electron chi connectivity index (χ1n) is 6.32. The van der Waals surface area contributed by atoms with Gasteiger partial charge in [0, 0.05) is 18.6 Å². The predicted octanol–water partition coefficient (Wildman–Crippen LogP) is 1.70. The Bertz CT molecular complexity index is 514. The van der Waals surface area contributed by atoms with Gasteiger partial charge in [0.1, 0.15) is 0 Å². The van der Waals surface area contributed by atoms with Crippen LogP contribution in [0, 0.1) is 10.1 Å². The summed E-state index contributed by atoms with van der Waals surface area (Å²) in [5.41, 5.74) is 2.16. The van der Waals surface area contributed by atoms with Crippen molar-refractivity contribution in [2.24, 2.45) is 5.10 Å². The van der Waals surface area contributed by atoms with Crippen LogP contribution in [0.1, 0.15) is 38.2 Å². The molecule has 1 aromatic rings. The molecule has 0 aliphatic heterocycles. The van der Waals surface area contributed by atoms with Crippen molar-refractivity contribution in [1.82, 2.24) is 5.43 Å². The van der Waals surface area contributed by atoms with E-state index in [0.717, 1.165) is 43.7 Å². The van der Waals surface area contributed by atoms with Crippen LogP contribution in [0.15, 0.2) is 23.3 Å². The largest absolute Gasteiger partial charge is 0.872 e. The number of amides is 1. The maximum Gasteiger partial charge on any atom is 0.270 e. The normalized spacial score (nSPS) is 10.7. The van der Waals surface area contributed by atoms with Gasteiger partial charge in [0.2, 0.25) is 5.91 Å². The van der Waals surface area contributed by atoms with E-state index in [2.05, 4.69) is 10.5 Å². The van der Waals surface area contributed by atoms with Crippen LogP contribution >= 0.6 is 0 Å². The highest BCUT2D eigenvalue weighted by molar-refractivity contribution is 5.85. The van der Waals surface area contributed by atoms with Gasteiger partial charge < -0.3 is 5.11 Å². The number of nitrogens with zero attached hydrogens (tertiary/aromatic N) is 2. The maximum atomic E-state index is 11.5. The minimum atomic E-state index is -0.597. The molecule has 108 valence electrons. The van der Waals surface area contributed by atoms with E-state index < -0.39 is 4.92 Å². The molecule has 20 heavy (non-hydrogen) atoms. The SMILES string of the molecule is CCCCCC(=O)N/N=C\c1cc([N+](=O)[O-])ccc1[O-]. The Morgan fingerprint density at radius 1 is 1.45 bits per heavy atom. The standard InChI is InChI=1S/C13H17N3O4/c1-2-3-4-5-13(18)15-14-9-10-8-11(16(19)20)6-7-12(10)17/h6-9,17H,2-5H2,1H3,(H,15,18)/p-1/b14-9-. The number of hydrazone groups is 1. The molecular formula is C13H16N3O4-. The van der Waals surface area contributed by atoms with Crippen LogP contribution in [-0.2, 0) is 4.79 Å². The molecule has 0 radical (unpaired) electrons. The van der Waals surface area contributed by atoms with Crippen LogP contribution in [0.25, 0.3) is 0 Å². The molecule has 7 nitrogen and oxygen atoms in total. The predicted molar refractivity (Wildman–Crippen MR) is 72.4 cm³/mol. The Morgan fingerprint density at radius 2 is 2.20 bits per heavy atom. The zero-order valence-electron chi connectivity index (χ0n) is 11.2. The van der Waals surface area contributed by atoms with Crippen molar-refractivity contribution in [2.75, 3.05) is 0 Å². The summed E-state index contributed by atoms with van der Waals surface area (Å²) < 4.78 is 0. The minimum absolute atomic E-state index is 0.0630. The molecule has 1 amide bonds. The summed E-state index contributed by atoms with van der Waals surface area (Å²) in [5, 5.41) is 25.7. The van der Waals surface area contributed by atoms with Gasteiger partial charge in [-0.3, -0.25) is 14.9 Å². The molecule has 0 aliphatic rings. The zero-order valence-corrected chi connectivity index (χ0v) is 11.2. The first kappa shape index (κ1) is 15.6. The summed E-state index contributed by atoms with van der Waals surface area (Å²) in [6.45, 7) is 2.04. The molecule has 0 unspecified atom stereocenters. The average Bonchev–Trinajstić information content (AvgIpc) is 2.41. The Morgan fingerprint density at radius 3 is 2.85 bits per heavy atom. The number of nitro benzene ring substituents is 1. The van der Waals surface area contributed by atoms with E-state index in [9.17, 15) is 20.0 Å². The lowest BCUT2D eigenvalue weighted by atomic mass is 10.2. The van der Waals surface area contributed by atoms with Gasteiger partial charge in [-0.25, -0.2) is 5.43 Å². The van der Waals surface area contributed by atoms with E-state index in [-0.39, 0.29) is 22.9 Å². The number of carbonyl (C=O) groups excluding carboxylic acids is 1. The Labute approximate surface area is 116 Å². The Kier molecular flexibility index (Phi) is 6.15. The summed E-state index contributed by atoms with van der Waals surface area (Å²) in [7, 11) is 0. The second-order valence-corrected chi connectivity index (χ2v) is 4.23. The molecule has 0 saturated heterocycles. The molecule has 0 saturated carbocycles. The fraction of sp³-hybridized carbons (Fsp3) is 0.385. The lowest BCUT2D eigenvalue weighted by Crippen LogP contribution is -2.17. The fourth-order valence-electron chi connectivity index (χ4n) is 1.52. The van der Waals surface area contributed by atoms with E-state index in [0.29, 0.717) is 6.42 Å². The van der Waals surface area contributed by atoms with Crippen molar-refractivity contribution in [1.29, 1.82) is 0 Å². The van der Waals surface area contributed by atoms with Crippen LogP contribution < -0.4 is 10.5 Å². The van der Waals surface area contributed by atoms with Crippen LogP contribution in [0.5, 0.6) is 5.75 Å². The maximum absolute atomic E-state index is 11.5. The topological polar surface area (TPSA) is 108 Å². The summed E-state index contributed by atoms with van der Waals surface area (Å²) in [6.07, 6.45) is 4.25. The van der Waals surface area contributed by atoms with Gasteiger partial charge in [-0.2, -0.15) is 5.10 Å². The van der Waals surface area contributed by atoms with Crippen molar-refractivity contribution in [3.05, 3.63) is 33.9 Å². The second-order valence-electron chi connectivity index (χ2n) is 4.23. The highest BCUT2D eigenvalue weighted by Gasteiger charge is 2.05. The van der Waals surface area contributed by atoms with Gasteiger partial charge in [0.25, 0.3) is 5.69 Å². The number of rotatable bonds is 7. The van der Waals surface area contributed by atoms with E-state index in [1.54, 1.807) is 0 Å². The number of hydrogen-bond donors (Lipinski definition) is 1. The summed E-state index contributed by atoms with van der Waals surface area (Å²) in [6, 6.07) is 3.35. The highest BCUT2D eigenvalue weighted by atomic mass is 16.6. The lowest BCUT2D eigenvalue weighted by Gasteiger charge is -2.08. The zero-order chi connectivity index (χ0) is 15.0. The molecule has 1 rings (SSSR count). The fourth-order valence-corrected chi connectivity index (χ4v) is 1.52. The molecule has 0 aliphatic carbocycles. The van der Waals surface area contributed by atoms with Crippen molar-refractivity contribution in [3.63, 3.8) is 0 Å². The third-order valence-corrected chi connectivity index (χ3v) is 2.60. The molecule has 0 heterocycles. The average molecular weight is 278 g/mol. The van der Waals surface area contributed by atoms with E-state index in [4.69, 9.17) is 0 Å². The van der Waals surface area contributed by atoms with Crippen LogP contribution in [0.3, 0.4) is 0 Å². The first-order chi connectivity index (χ1) is 9.54. The second kappa shape index (κ2) is 7.88. The van der Waals surface area contributed by atoms with E-state index >= 15 is 0 Å². The number of carbonyl (C=O) groups is 1. The molecule has 1 aromatic carbocycles. The number of hydrogen-bond acceptors (Lipinski definition) is 5. The monoisotopic (exact) mass is 278 g/mol. The number of benzene rings is 1. The van der Waals surface area contributed by atoms with Gasteiger partial charge >= 0.3 is 0 Å². The third-order valence-electron chi connectivity index (χ3n) is 2.60. The molecular weight excluding hydrogens is 262 g/mol. The Balaban J connectivity index is 2.59. The number of unbranched alkanes of at least 4 members (excludes halogenated alkanes) is 2. The molecule has 0 atom stereocenters. The minimum Gasteiger partial charge on any atom is -0.872 e. The van der Waals surface area contributed by atoms with E-state index in [1.165, 1.54) is 0 Å². The smallest absolute Gasteiger partial charge is 0.270 e. The van der Waals surface area contributed by atoms with Crippen LogP contribution in [-0.4, -0.2) is 17.0 Å². The van der Waals surface area contributed by atoms with Crippen LogP contribution in [0.4, 0.5) is 5.69 Å². The quantitative estimate of drug-likeness (QED) is 0.354. The molecule has 0 fully saturated rings. The van der Waals surface area contributed by atoms with Gasteiger partial charge in [-0.15, -0.1) is 0 Å². The van der Waals surface area contributed by atoms with Crippen LogP contribution in [0.2, 0.25) is 0 Å². The van der Waals surface area contributed by atoms with Gasteiger partial charge in [0.15, 0.2) is 0 Å². The van der Waals surface area contributed by atoms with Crippen molar-refractivity contribution in [2.45, 2.75) is 32.6 Å². The van der Waals surface area contributed by atoms with Gasteiger partial charge in [-0.1, -0.05) is 31.6 Å². The third kappa shape index (κ3) is 5.05. The van der Waals surface area contributed by atoms with Gasteiger partial charge in [0.05, 0.1) is 11.1 Å². The molecule has 0 aromatic heterocycles. The molecule has 0 bridgehead atoms. The van der Waals surface area contributed by atoms with Crippen molar-refractivity contribution >= 4 is 17.8 Å². The summed E-state index contributed by atoms with van der Waals surface area (Å²) in [4.78, 5) is 21.3. The first-order valence-corrected chi connectivity index (χ1v) is 6.32. The highest BCUT2D eigenvalue weighted by Crippen LogP contribution is 2.18. The number of nitro groups is 1. The summed E-state index contributed by atoms with van der Waals surface area (Å²) in [5.74, 6) is -0.632. The molecule has 0 spiro atoms. The molecule has 7 heteroatoms. The number of nitrogens with one attached hydrogen (secondary N) is 1. The number of non-ortho nitro benzene ring substituents is 1.